The Balaban J connectivity index is 2.37. The van der Waals surface area contributed by atoms with E-state index in [1.165, 1.54) is 36.4 Å². The van der Waals surface area contributed by atoms with E-state index in [9.17, 15) is 12.8 Å². The zero-order valence-corrected chi connectivity index (χ0v) is 13.1. The molecule has 2 aromatic carbocycles. The Morgan fingerprint density at radius 1 is 1.05 bits per heavy atom. The van der Waals surface area contributed by atoms with Crippen molar-refractivity contribution in [3.8, 4) is 0 Å². The molecule has 0 bridgehead atoms. The van der Waals surface area contributed by atoms with Crippen LogP contribution < -0.4 is 0 Å². The number of halogens is 3. The Hall–Kier alpha value is -1.24. The molecule has 104 valence electrons. The number of hydrogen-bond donors (Lipinski definition) is 0. The second kappa shape index (κ2) is 6.03. The minimum absolute atomic E-state index is 0.0287. The van der Waals surface area contributed by atoms with Crippen LogP contribution in [0, 0.1) is 5.82 Å². The highest BCUT2D eigenvalue weighted by Crippen LogP contribution is 2.18. The van der Waals surface area contributed by atoms with Gasteiger partial charge in [-0.25, -0.2) is 4.39 Å². The Kier molecular flexibility index (Phi) is 4.57. The summed E-state index contributed by atoms with van der Waals surface area (Å²) in [7, 11) is -3.89. The van der Waals surface area contributed by atoms with Gasteiger partial charge in [0.15, 0.2) is 0 Å². The van der Waals surface area contributed by atoms with E-state index >= 15 is 0 Å². The molecule has 3 nitrogen and oxygen atoms in total. The topological polar surface area (TPSA) is 46.5 Å². The summed E-state index contributed by atoms with van der Waals surface area (Å²) in [5.74, 6) is -0.436. The summed E-state index contributed by atoms with van der Waals surface area (Å²) < 4.78 is 41.1. The molecule has 0 spiro atoms. The lowest BCUT2D eigenvalue weighted by atomic mass is 10.2. The van der Waals surface area contributed by atoms with Crippen LogP contribution in [0.2, 0.25) is 0 Å². The lowest BCUT2D eigenvalue weighted by Gasteiger charge is -2.01. The molecular weight excluding hydrogens is 369 g/mol. The summed E-state index contributed by atoms with van der Waals surface area (Å²) in [6, 6.07) is 11.1. The van der Waals surface area contributed by atoms with Gasteiger partial charge >= 0.3 is 0 Å². The van der Waals surface area contributed by atoms with Gasteiger partial charge in [-0.1, -0.05) is 27.5 Å². The van der Waals surface area contributed by atoms with Gasteiger partial charge in [-0.05, 0) is 48.5 Å². The van der Waals surface area contributed by atoms with Crippen LogP contribution in [0.3, 0.4) is 0 Å². The third kappa shape index (κ3) is 3.65. The molecule has 0 radical (unpaired) electrons. The molecule has 0 amide bonds. The standard InChI is InChI=1S/C13H8BrClFNO2S/c14-10-3-7-12(8-4-10)20(18,19)17-13(15)9-1-5-11(16)6-2-9/h1-8H/b17-13+. The highest BCUT2D eigenvalue weighted by Gasteiger charge is 2.14. The van der Waals surface area contributed by atoms with E-state index in [-0.39, 0.29) is 10.1 Å². The lowest BCUT2D eigenvalue weighted by Crippen LogP contribution is -2.01. The minimum atomic E-state index is -3.89. The summed E-state index contributed by atoms with van der Waals surface area (Å²) >= 11 is 9.08. The summed E-state index contributed by atoms with van der Waals surface area (Å²) in [4.78, 5) is 0.0287. The highest BCUT2D eigenvalue weighted by molar-refractivity contribution is 9.10. The fourth-order valence-corrected chi connectivity index (χ4v) is 2.97. The first-order valence-corrected chi connectivity index (χ1v) is 8.01. The predicted octanol–water partition coefficient (Wildman–Crippen LogP) is 3.96. The predicted molar refractivity (Wildman–Crippen MR) is 80.1 cm³/mol. The van der Waals surface area contributed by atoms with E-state index < -0.39 is 15.8 Å². The van der Waals surface area contributed by atoms with Crippen LogP contribution in [-0.2, 0) is 10.0 Å². The smallest absolute Gasteiger partial charge is 0.207 e. The van der Waals surface area contributed by atoms with E-state index in [1.54, 1.807) is 12.1 Å². The van der Waals surface area contributed by atoms with Crippen molar-refractivity contribution in [1.82, 2.24) is 0 Å². The molecule has 0 unspecified atom stereocenters. The Morgan fingerprint density at radius 3 is 2.15 bits per heavy atom. The zero-order valence-electron chi connectivity index (χ0n) is 9.92. The van der Waals surface area contributed by atoms with Gasteiger partial charge in [0.05, 0.1) is 4.90 Å². The van der Waals surface area contributed by atoms with Crippen molar-refractivity contribution in [1.29, 1.82) is 0 Å². The van der Waals surface area contributed by atoms with Crippen molar-refractivity contribution < 1.29 is 12.8 Å². The number of benzene rings is 2. The van der Waals surface area contributed by atoms with Gasteiger partial charge in [0, 0.05) is 10.0 Å². The first-order valence-electron chi connectivity index (χ1n) is 5.40. The largest absolute Gasteiger partial charge is 0.283 e. The second-order valence-electron chi connectivity index (χ2n) is 3.82. The van der Waals surface area contributed by atoms with E-state index in [2.05, 4.69) is 20.3 Å². The maximum absolute atomic E-state index is 12.8. The van der Waals surface area contributed by atoms with E-state index in [4.69, 9.17) is 11.6 Å². The summed E-state index contributed by atoms with van der Waals surface area (Å²) in [6.07, 6.45) is 0. The van der Waals surface area contributed by atoms with Crippen LogP contribution in [0.15, 0.2) is 62.3 Å². The summed E-state index contributed by atoms with van der Waals surface area (Å²) in [6.45, 7) is 0. The van der Waals surface area contributed by atoms with Crippen molar-refractivity contribution in [2.45, 2.75) is 4.90 Å². The molecule has 7 heteroatoms. The fraction of sp³-hybridized carbons (Fsp3) is 0. The van der Waals surface area contributed by atoms with Crippen molar-refractivity contribution in [2.75, 3.05) is 0 Å². The number of nitrogens with zero attached hydrogens (tertiary/aromatic N) is 1. The normalized spacial score (nSPS) is 12.4. The number of sulfonamides is 1. The van der Waals surface area contributed by atoms with Crippen molar-refractivity contribution in [3.05, 3.63) is 64.4 Å². The molecule has 0 aliphatic rings. The van der Waals surface area contributed by atoms with E-state index in [1.807, 2.05) is 0 Å². The molecular formula is C13H8BrClFNO2S. The SMILES string of the molecule is O=S(=O)(/N=C(/Cl)c1ccc(F)cc1)c1ccc(Br)cc1. The third-order valence-corrected chi connectivity index (χ3v) is 4.62. The van der Waals surface area contributed by atoms with Crippen molar-refractivity contribution in [2.24, 2.45) is 4.40 Å². The molecule has 2 aromatic rings. The van der Waals surface area contributed by atoms with Crippen molar-refractivity contribution >= 4 is 42.7 Å². The molecule has 0 aliphatic heterocycles. The molecule has 2 rings (SSSR count). The lowest BCUT2D eigenvalue weighted by molar-refractivity contribution is 0.598. The number of hydrogen-bond acceptors (Lipinski definition) is 2. The zero-order chi connectivity index (χ0) is 14.8. The molecule has 0 N–H and O–H groups in total. The third-order valence-electron chi connectivity index (χ3n) is 2.39. The Morgan fingerprint density at radius 2 is 1.60 bits per heavy atom. The van der Waals surface area contributed by atoms with Crippen molar-refractivity contribution in [3.63, 3.8) is 0 Å². The molecule has 0 aromatic heterocycles. The average molecular weight is 377 g/mol. The Labute approximate surface area is 129 Å². The van der Waals surface area contributed by atoms with Gasteiger partial charge in [-0.3, -0.25) is 0 Å². The van der Waals surface area contributed by atoms with Crippen LogP contribution in [0.25, 0.3) is 0 Å². The molecule has 0 atom stereocenters. The molecule has 0 aliphatic carbocycles. The molecule has 0 saturated heterocycles. The summed E-state index contributed by atoms with van der Waals surface area (Å²) in [5.41, 5.74) is 0.328. The second-order valence-corrected chi connectivity index (χ2v) is 6.70. The van der Waals surface area contributed by atoms with Crippen LogP contribution in [-0.4, -0.2) is 13.6 Å². The van der Waals surface area contributed by atoms with Crippen LogP contribution >= 0.6 is 27.5 Å². The van der Waals surface area contributed by atoms with Gasteiger partial charge in [0.1, 0.15) is 11.0 Å². The molecule has 0 saturated carbocycles. The van der Waals surface area contributed by atoms with Crippen LogP contribution in [0.4, 0.5) is 4.39 Å². The van der Waals surface area contributed by atoms with Gasteiger partial charge in [-0.15, -0.1) is 4.40 Å². The maximum Gasteiger partial charge on any atom is 0.283 e. The van der Waals surface area contributed by atoms with Crippen LogP contribution in [0.5, 0.6) is 0 Å². The first kappa shape index (κ1) is 15.2. The highest BCUT2D eigenvalue weighted by atomic mass is 79.9. The molecule has 20 heavy (non-hydrogen) atoms. The fourth-order valence-electron chi connectivity index (χ4n) is 1.40. The van der Waals surface area contributed by atoms with Gasteiger partial charge < -0.3 is 0 Å². The van der Waals surface area contributed by atoms with Gasteiger partial charge in [0.25, 0.3) is 10.0 Å². The molecule has 0 heterocycles. The maximum atomic E-state index is 12.8. The Bertz CT molecular complexity index is 743. The quantitative estimate of drug-likeness (QED) is 0.761. The van der Waals surface area contributed by atoms with Crippen LogP contribution in [0.1, 0.15) is 5.56 Å². The van der Waals surface area contributed by atoms with E-state index in [0.29, 0.717) is 5.56 Å². The monoisotopic (exact) mass is 375 g/mol. The number of rotatable bonds is 3. The minimum Gasteiger partial charge on any atom is -0.207 e. The van der Waals surface area contributed by atoms with Gasteiger partial charge in [-0.2, -0.15) is 8.42 Å². The van der Waals surface area contributed by atoms with Gasteiger partial charge in [0.2, 0.25) is 0 Å². The van der Waals surface area contributed by atoms with E-state index in [0.717, 1.165) is 4.47 Å². The first-order chi connectivity index (χ1) is 9.38. The summed E-state index contributed by atoms with van der Waals surface area (Å²) in [5, 5.41) is -0.215. The molecule has 0 fully saturated rings. The average Bonchev–Trinajstić information content (AvgIpc) is 2.39.